The largest absolute Gasteiger partial charge is 0.393 e. The van der Waals surface area contributed by atoms with Gasteiger partial charge in [-0.3, -0.25) is 0 Å². The molecular weight excluding hydrogens is 150 g/mol. The monoisotopic (exact) mass is 169 g/mol. The molecule has 2 fully saturated rings. The van der Waals surface area contributed by atoms with Crippen molar-refractivity contribution >= 4 is 0 Å². The van der Waals surface area contributed by atoms with Crippen LogP contribution < -0.4 is 5.32 Å². The third-order valence-electron chi connectivity index (χ3n) is 3.50. The molecule has 1 saturated heterocycles. The van der Waals surface area contributed by atoms with Crippen molar-refractivity contribution in [1.29, 1.82) is 0 Å². The van der Waals surface area contributed by atoms with Gasteiger partial charge in [-0.15, -0.1) is 0 Å². The number of rotatable bonds is 1. The molecule has 1 saturated carbocycles. The Hall–Kier alpha value is -0.0800. The van der Waals surface area contributed by atoms with Crippen LogP contribution in [0.2, 0.25) is 0 Å². The smallest absolute Gasteiger partial charge is 0.0595 e. The van der Waals surface area contributed by atoms with Crippen LogP contribution in [0.25, 0.3) is 0 Å². The molecule has 0 aromatic heterocycles. The van der Waals surface area contributed by atoms with Crippen molar-refractivity contribution in [3.63, 3.8) is 0 Å². The molecule has 70 valence electrons. The van der Waals surface area contributed by atoms with E-state index in [4.69, 9.17) is 0 Å². The molecule has 2 nitrogen and oxygen atoms in total. The van der Waals surface area contributed by atoms with Gasteiger partial charge in [0.25, 0.3) is 0 Å². The second-order valence-electron chi connectivity index (χ2n) is 4.27. The molecule has 0 radical (unpaired) electrons. The lowest BCUT2D eigenvalue weighted by molar-refractivity contribution is 0.0477. The maximum Gasteiger partial charge on any atom is 0.0595 e. The van der Waals surface area contributed by atoms with Gasteiger partial charge >= 0.3 is 0 Å². The Morgan fingerprint density at radius 2 is 1.83 bits per heavy atom. The van der Waals surface area contributed by atoms with Crippen LogP contribution in [-0.4, -0.2) is 24.3 Å². The van der Waals surface area contributed by atoms with Gasteiger partial charge in [0, 0.05) is 12.5 Å². The van der Waals surface area contributed by atoms with Crippen molar-refractivity contribution in [2.24, 2.45) is 11.8 Å². The molecule has 1 aliphatic carbocycles. The van der Waals surface area contributed by atoms with Gasteiger partial charge in [0.05, 0.1) is 6.10 Å². The van der Waals surface area contributed by atoms with Crippen LogP contribution in [0.15, 0.2) is 0 Å². The molecule has 0 bridgehead atoms. The van der Waals surface area contributed by atoms with Crippen molar-refractivity contribution < 1.29 is 5.11 Å². The zero-order chi connectivity index (χ0) is 8.39. The number of aliphatic hydroxyl groups is 1. The van der Waals surface area contributed by atoms with E-state index in [-0.39, 0.29) is 6.10 Å². The van der Waals surface area contributed by atoms with Crippen LogP contribution in [0.5, 0.6) is 0 Å². The molecule has 1 aliphatic heterocycles. The summed E-state index contributed by atoms with van der Waals surface area (Å²) in [5.41, 5.74) is 0. The first-order chi connectivity index (χ1) is 5.88. The van der Waals surface area contributed by atoms with Crippen LogP contribution in [0.1, 0.15) is 32.1 Å². The van der Waals surface area contributed by atoms with Crippen LogP contribution in [0.4, 0.5) is 0 Å². The van der Waals surface area contributed by atoms with Crippen molar-refractivity contribution in [2.45, 2.75) is 38.2 Å². The van der Waals surface area contributed by atoms with E-state index in [2.05, 4.69) is 5.32 Å². The first-order valence-corrected chi connectivity index (χ1v) is 5.26. The van der Waals surface area contributed by atoms with Crippen LogP contribution in [-0.2, 0) is 0 Å². The summed E-state index contributed by atoms with van der Waals surface area (Å²) >= 11 is 0. The van der Waals surface area contributed by atoms with Crippen molar-refractivity contribution in [1.82, 2.24) is 5.32 Å². The summed E-state index contributed by atoms with van der Waals surface area (Å²) < 4.78 is 0. The predicted molar refractivity (Wildman–Crippen MR) is 48.9 cm³/mol. The van der Waals surface area contributed by atoms with Crippen molar-refractivity contribution in [3.05, 3.63) is 0 Å². The fraction of sp³-hybridized carbons (Fsp3) is 1.00. The quantitative estimate of drug-likeness (QED) is 0.617. The van der Waals surface area contributed by atoms with E-state index < -0.39 is 0 Å². The summed E-state index contributed by atoms with van der Waals surface area (Å²) in [5, 5.41) is 13.2. The summed E-state index contributed by atoms with van der Waals surface area (Å²) in [5.74, 6) is 1.37. The lowest BCUT2D eigenvalue weighted by Crippen LogP contribution is -2.42. The SMILES string of the molecule is O[C@@H]1CCNC[C@@H]1C1CCCC1. The lowest BCUT2D eigenvalue weighted by Gasteiger charge is -2.32. The minimum absolute atomic E-state index is 0.0191. The minimum atomic E-state index is -0.0191. The summed E-state index contributed by atoms with van der Waals surface area (Å²) in [6.07, 6.45) is 6.41. The molecule has 2 atom stereocenters. The minimum Gasteiger partial charge on any atom is -0.393 e. The Morgan fingerprint density at radius 3 is 2.50 bits per heavy atom. The number of hydrogen-bond donors (Lipinski definition) is 2. The van der Waals surface area contributed by atoms with E-state index in [0.29, 0.717) is 5.92 Å². The van der Waals surface area contributed by atoms with Crippen molar-refractivity contribution in [2.75, 3.05) is 13.1 Å². The predicted octanol–water partition coefficient (Wildman–Crippen LogP) is 1.15. The maximum atomic E-state index is 9.79. The molecule has 0 unspecified atom stereocenters. The number of piperidine rings is 1. The average molecular weight is 169 g/mol. The summed E-state index contributed by atoms with van der Waals surface area (Å²) in [6, 6.07) is 0. The van der Waals surface area contributed by atoms with E-state index in [1.807, 2.05) is 0 Å². The van der Waals surface area contributed by atoms with Gasteiger partial charge in [-0.05, 0) is 18.9 Å². The normalized spacial score (nSPS) is 38.8. The highest BCUT2D eigenvalue weighted by Gasteiger charge is 2.31. The van der Waals surface area contributed by atoms with Gasteiger partial charge in [-0.1, -0.05) is 25.7 Å². The van der Waals surface area contributed by atoms with E-state index >= 15 is 0 Å². The van der Waals surface area contributed by atoms with E-state index in [1.165, 1.54) is 25.7 Å². The molecule has 2 heteroatoms. The van der Waals surface area contributed by atoms with E-state index in [1.54, 1.807) is 0 Å². The maximum absolute atomic E-state index is 9.79. The van der Waals surface area contributed by atoms with Crippen LogP contribution in [0.3, 0.4) is 0 Å². The highest BCUT2D eigenvalue weighted by molar-refractivity contribution is 4.85. The lowest BCUT2D eigenvalue weighted by atomic mass is 9.83. The topological polar surface area (TPSA) is 32.3 Å². The van der Waals surface area contributed by atoms with E-state index in [0.717, 1.165) is 25.4 Å². The van der Waals surface area contributed by atoms with Gasteiger partial charge in [0.1, 0.15) is 0 Å². The Kier molecular flexibility index (Phi) is 2.66. The van der Waals surface area contributed by atoms with E-state index in [9.17, 15) is 5.11 Å². The Labute approximate surface area is 74.4 Å². The van der Waals surface area contributed by atoms with Gasteiger partial charge in [-0.25, -0.2) is 0 Å². The third kappa shape index (κ3) is 1.64. The molecule has 2 N–H and O–H groups in total. The molecular formula is C10H19NO. The van der Waals surface area contributed by atoms with Gasteiger partial charge < -0.3 is 10.4 Å². The highest BCUT2D eigenvalue weighted by Crippen LogP contribution is 2.34. The Balaban J connectivity index is 1.91. The number of aliphatic hydroxyl groups excluding tert-OH is 1. The van der Waals surface area contributed by atoms with Gasteiger partial charge in [0.15, 0.2) is 0 Å². The summed E-state index contributed by atoms with van der Waals surface area (Å²) in [7, 11) is 0. The number of nitrogens with one attached hydrogen (secondary N) is 1. The molecule has 0 aromatic carbocycles. The molecule has 1 heterocycles. The third-order valence-corrected chi connectivity index (χ3v) is 3.50. The molecule has 0 amide bonds. The highest BCUT2D eigenvalue weighted by atomic mass is 16.3. The second kappa shape index (κ2) is 3.75. The van der Waals surface area contributed by atoms with Crippen LogP contribution >= 0.6 is 0 Å². The molecule has 2 aliphatic rings. The second-order valence-corrected chi connectivity index (χ2v) is 4.27. The molecule has 2 rings (SSSR count). The fourth-order valence-corrected chi connectivity index (χ4v) is 2.74. The Morgan fingerprint density at radius 1 is 1.08 bits per heavy atom. The summed E-state index contributed by atoms with van der Waals surface area (Å²) in [4.78, 5) is 0. The zero-order valence-corrected chi connectivity index (χ0v) is 7.63. The molecule has 0 aromatic rings. The number of hydrogen-bond acceptors (Lipinski definition) is 2. The first-order valence-electron chi connectivity index (χ1n) is 5.26. The summed E-state index contributed by atoms with van der Waals surface area (Å²) in [6.45, 7) is 2.05. The average Bonchev–Trinajstić information content (AvgIpc) is 2.57. The Bertz CT molecular complexity index is 143. The standard InChI is InChI=1S/C10H19NO/c12-10-5-6-11-7-9(10)8-3-1-2-4-8/h8-12H,1-7H2/t9-,10-/m1/s1. The fourth-order valence-electron chi connectivity index (χ4n) is 2.74. The van der Waals surface area contributed by atoms with Gasteiger partial charge in [0.2, 0.25) is 0 Å². The van der Waals surface area contributed by atoms with Crippen molar-refractivity contribution in [3.8, 4) is 0 Å². The van der Waals surface area contributed by atoms with Gasteiger partial charge in [-0.2, -0.15) is 0 Å². The molecule has 12 heavy (non-hydrogen) atoms. The molecule has 0 spiro atoms. The zero-order valence-electron chi connectivity index (χ0n) is 7.63. The first kappa shape index (κ1) is 8.52. The van der Waals surface area contributed by atoms with Crippen LogP contribution in [0, 0.1) is 11.8 Å².